The first-order valence-electron chi connectivity index (χ1n) is 7.15. The molecule has 0 spiro atoms. The number of nitrogens with one attached hydrogen (secondary N) is 1. The molecule has 1 unspecified atom stereocenters. The highest BCUT2D eigenvalue weighted by molar-refractivity contribution is 5.91. The lowest BCUT2D eigenvalue weighted by Crippen LogP contribution is -2.12. The smallest absolute Gasteiger partial charge is 0.221 e. The van der Waals surface area contributed by atoms with E-state index in [-0.39, 0.29) is 11.8 Å². The molecule has 0 aliphatic heterocycles. The van der Waals surface area contributed by atoms with Crippen LogP contribution in [0.25, 0.3) is 0 Å². The number of anilines is 1. The molecule has 118 valence electrons. The van der Waals surface area contributed by atoms with Crippen molar-refractivity contribution in [2.24, 2.45) is 0 Å². The van der Waals surface area contributed by atoms with Gasteiger partial charge in [0.15, 0.2) is 0 Å². The van der Waals surface area contributed by atoms with E-state index < -0.39 is 0 Å². The van der Waals surface area contributed by atoms with Crippen LogP contribution in [0.3, 0.4) is 0 Å². The summed E-state index contributed by atoms with van der Waals surface area (Å²) in [6.07, 6.45) is 5.78. The summed E-state index contributed by atoms with van der Waals surface area (Å²) in [6, 6.07) is 13.2. The van der Waals surface area contributed by atoms with Crippen molar-refractivity contribution in [3.8, 4) is 23.8 Å². The molecule has 0 saturated heterocycles. The standard InChI is InChI=1S/C19H19NO3/c1-5-16(14-9-7-6-8-10-14)19-17(20-13(2)21)11-15(22-3)12-18(19)23-4/h1,6-12,16H,2-4H3,(H,20,21). The van der Waals surface area contributed by atoms with E-state index >= 15 is 0 Å². The largest absolute Gasteiger partial charge is 0.497 e. The molecule has 0 saturated carbocycles. The predicted molar refractivity (Wildman–Crippen MR) is 91.0 cm³/mol. The highest BCUT2D eigenvalue weighted by Gasteiger charge is 2.22. The van der Waals surface area contributed by atoms with Crippen LogP contribution < -0.4 is 14.8 Å². The van der Waals surface area contributed by atoms with Gasteiger partial charge in [0.2, 0.25) is 5.91 Å². The van der Waals surface area contributed by atoms with Gasteiger partial charge < -0.3 is 14.8 Å². The van der Waals surface area contributed by atoms with E-state index in [9.17, 15) is 4.79 Å². The Labute approximate surface area is 136 Å². The average molecular weight is 309 g/mol. The van der Waals surface area contributed by atoms with Gasteiger partial charge in [-0.05, 0) is 5.56 Å². The summed E-state index contributed by atoms with van der Waals surface area (Å²) in [5, 5.41) is 2.81. The molecule has 2 aromatic rings. The van der Waals surface area contributed by atoms with Gasteiger partial charge in [-0.1, -0.05) is 36.3 Å². The molecule has 2 aromatic carbocycles. The normalized spacial score (nSPS) is 11.2. The summed E-state index contributed by atoms with van der Waals surface area (Å²) in [5.41, 5.74) is 2.27. The number of terminal acetylenes is 1. The summed E-state index contributed by atoms with van der Waals surface area (Å²) >= 11 is 0. The predicted octanol–water partition coefficient (Wildman–Crippen LogP) is 3.43. The van der Waals surface area contributed by atoms with Crippen LogP contribution in [-0.4, -0.2) is 20.1 Å². The molecule has 2 rings (SSSR count). The van der Waals surface area contributed by atoms with Crippen molar-refractivity contribution in [2.75, 3.05) is 19.5 Å². The molecule has 1 N–H and O–H groups in total. The highest BCUT2D eigenvalue weighted by Crippen LogP contribution is 2.40. The number of methoxy groups -OCH3 is 2. The van der Waals surface area contributed by atoms with E-state index in [4.69, 9.17) is 15.9 Å². The van der Waals surface area contributed by atoms with Crippen LogP contribution in [0.4, 0.5) is 5.69 Å². The van der Waals surface area contributed by atoms with Crippen molar-refractivity contribution in [1.29, 1.82) is 0 Å². The van der Waals surface area contributed by atoms with Gasteiger partial charge >= 0.3 is 0 Å². The first kappa shape index (κ1) is 16.4. The highest BCUT2D eigenvalue weighted by atomic mass is 16.5. The van der Waals surface area contributed by atoms with Crippen molar-refractivity contribution in [3.63, 3.8) is 0 Å². The number of carbonyl (C=O) groups excluding carboxylic acids is 1. The van der Waals surface area contributed by atoms with Gasteiger partial charge in [-0.2, -0.15) is 0 Å². The molecule has 0 bridgehead atoms. The Bertz CT molecular complexity index is 732. The van der Waals surface area contributed by atoms with Crippen LogP contribution >= 0.6 is 0 Å². The Balaban J connectivity index is 2.66. The number of benzene rings is 2. The van der Waals surface area contributed by atoms with E-state index in [0.717, 1.165) is 11.1 Å². The third kappa shape index (κ3) is 3.64. The molecular formula is C19H19NO3. The van der Waals surface area contributed by atoms with Crippen LogP contribution in [-0.2, 0) is 4.79 Å². The summed E-state index contributed by atoms with van der Waals surface area (Å²) < 4.78 is 10.8. The summed E-state index contributed by atoms with van der Waals surface area (Å²) in [6.45, 7) is 1.45. The van der Waals surface area contributed by atoms with E-state index in [0.29, 0.717) is 17.2 Å². The van der Waals surface area contributed by atoms with E-state index in [1.807, 2.05) is 30.3 Å². The second-order valence-electron chi connectivity index (χ2n) is 4.98. The van der Waals surface area contributed by atoms with Crippen LogP contribution in [0.15, 0.2) is 42.5 Å². The van der Waals surface area contributed by atoms with Gasteiger partial charge in [0.1, 0.15) is 11.5 Å². The SMILES string of the molecule is C#CC(c1ccccc1)c1c(NC(C)=O)cc(OC)cc1OC. The van der Waals surface area contributed by atoms with E-state index in [1.54, 1.807) is 26.4 Å². The number of rotatable bonds is 5. The summed E-state index contributed by atoms with van der Waals surface area (Å²) in [4.78, 5) is 11.6. The zero-order chi connectivity index (χ0) is 16.8. The number of carbonyl (C=O) groups is 1. The fraction of sp³-hybridized carbons (Fsp3) is 0.211. The first-order valence-corrected chi connectivity index (χ1v) is 7.15. The van der Waals surface area contributed by atoms with Crippen molar-refractivity contribution in [2.45, 2.75) is 12.8 Å². The molecule has 4 heteroatoms. The number of hydrogen-bond donors (Lipinski definition) is 1. The molecule has 4 nitrogen and oxygen atoms in total. The van der Waals surface area contributed by atoms with Crippen LogP contribution in [0.5, 0.6) is 11.5 Å². The van der Waals surface area contributed by atoms with Crippen LogP contribution in [0.2, 0.25) is 0 Å². The van der Waals surface area contributed by atoms with E-state index in [2.05, 4.69) is 11.2 Å². The molecule has 0 aromatic heterocycles. The lowest BCUT2D eigenvalue weighted by atomic mass is 9.89. The maximum absolute atomic E-state index is 11.6. The van der Waals surface area contributed by atoms with Crippen LogP contribution in [0, 0.1) is 12.3 Å². The minimum atomic E-state index is -0.348. The van der Waals surface area contributed by atoms with Gasteiger partial charge in [0.05, 0.1) is 25.8 Å². The minimum absolute atomic E-state index is 0.189. The monoisotopic (exact) mass is 309 g/mol. The average Bonchev–Trinajstić information content (AvgIpc) is 2.56. The Kier molecular flexibility index (Phi) is 5.27. The maximum atomic E-state index is 11.6. The topological polar surface area (TPSA) is 47.6 Å². The van der Waals surface area contributed by atoms with Gasteiger partial charge in [-0.25, -0.2) is 0 Å². The first-order chi connectivity index (χ1) is 11.1. The van der Waals surface area contributed by atoms with Crippen molar-refractivity contribution in [3.05, 3.63) is 53.6 Å². The summed E-state index contributed by atoms with van der Waals surface area (Å²) in [7, 11) is 3.12. The minimum Gasteiger partial charge on any atom is -0.497 e. The molecule has 0 fully saturated rings. The lowest BCUT2D eigenvalue weighted by molar-refractivity contribution is -0.114. The third-order valence-corrected chi connectivity index (χ3v) is 3.47. The molecule has 0 aliphatic rings. The Morgan fingerprint density at radius 3 is 2.39 bits per heavy atom. The molecule has 1 atom stereocenters. The Morgan fingerprint density at radius 2 is 1.87 bits per heavy atom. The molecule has 0 aliphatic carbocycles. The van der Waals surface area contributed by atoms with Crippen LogP contribution in [0.1, 0.15) is 24.0 Å². The van der Waals surface area contributed by atoms with Crippen molar-refractivity contribution >= 4 is 11.6 Å². The van der Waals surface area contributed by atoms with Crippen molar-refractivity contribution < 1.29 is 14.3 Å². The quantitative estimate of drug-likeness (QED) is 0.861. The molecular weight excluding hydrogens is 290 g/mol. The van der Waals surface area contributed by atoms with E-state index in [1.165, 1.54) is 6.92 Å². The third-order valence-electron chi connectivity index (χ3n) is 3.47. The van der Waals surface area contributed by atoms with Crippen molar-refractivity contribution in [1.82, 2.24) is 0 Å². The number of ether oxygens (including phenoxy) is 2. The zero-order valence-electron chi connectivity index (χ0n) is 13.4. The zero-order valence-corrected chi connectivity index (χ0v) is 13.4. The second kappa shape index (κ2) is 7.37. The number of amides is 1. The van der Waals surface area contributed by atoms with Gasteiger partial charge in [0, 0.05) is 24.6 Å². The maximum Gasteiger partial charge on any atom is 0.221 e. The fourth-order valence-corrected chi connectivity index (χ4v) is 2.47. The van der Waals surface area contributed by atoms with Gasteiger partial charge in [-0.3, -0.25) is 4.79 Å². The number of hydrogen-bond acceptors (Lipinski definition) is 3. The Hall–Kier alpha value is -2.93. The molecule has 0 heterocycles. The molecule has 1 amide bonds. The van der Waals surface area contributed by atoms with Gasteiger partial charge in [-0.15, -0.1) is 6.42 Å². The van der Waals surface area contributed by atoms with Gasteiger partial charge in [0.25, 0.3) is 0 Å². The fourth-order valence-electron chi connectivity index (χ4n) is 2.47. The summed E-state index contributed by atoms with van der Waals surface area (Å²) in [5.74, 6) is 3.40. The lowest BCUT2D eigenvalue weighted by Gasteiger charge is -2.21. The molecule has 0 radical (unpaired) electrons. The molecule has 23 heavy (non-hydrogen) atoms. The second-order valence-corrected chi connectivity index (χ2v) is 4.98. The Morgan fingerprint density at radius 1 is 1.17 bits per heavy atom.